The topological polar surface area (TPSA) is 15.6 Å². The molecule has 0 atom stereocenters. The Labute approximate surface area is 126 Å². The number of benzene rings is 1. The standard InChI is InChI=1S/C12H10BrF2IN2/c13-8-5-10(14)9(11(15)6-8)2-4-18-7-17-3-1-12(18)16/h1,3,5-6H,2,4,7H2. The van der Waals surface area contributed by atoms with Crippen LogP contribution in [0.15, 0.2) is 31.4 Å². The smallest absolute Gasteiger partial charge is 0.130 e. The van der Waals surface area contributed by atoms with E-state index >= 15 is 0 Å². The molecule has 0 bridgehead atoms. The van der Waals surface area contributed by atoms with E-state index in [-0.39, 0.29) is 5.56 Å². The highest BCUT2D eigenvalue weighted by atomic mass is 127. The average molecular weight is 427 g/mol. The van der Waals surface area contributed by atoms with Crippen molar-refractivity contribution in [3.05, 3.63) is 43.6 Å². The monoisotopic (exact) mass is 426 g/mol. The summed E-state index contributed by atoms with van der Waals surface area (Å²) in [7, 11) is 0. The lowest BCUT2D eigenvalue weighted by atomic mass is 10.1. The number of allylic oxidation sites excluding steroid dienone is 1. The molecular formula is C12H10BrF2IN2. The molecule has 1 heterocycles. The van der Waals surface area contributed by atoms with Gasteiger partial charge < -0.3 is 4.90 Å². The van der Waals surface area contributed by atoms with Crippen molar-refractivity contribution in [2.24, 2.45) is 4.99 Å². The molecule has 0 radical (unpaired) electrons. The summed E-state index contributed by atoms with van der Waals surface area (Å²) in [6, 6.07) is 2.57. The number of halogens is 4. The van der Waals surface area contributed by atoms with Crippen molar-refractivity contribution in [1.29, 1.82) is 0 Å². The Kier molecular flexibility index (Phi) is 4.71. The largest absolute Gasteiger partial charge is 0.347 e. The highest BCUT2D eigenvalue weighted by molar-refractivity contribution is 14.1. The quantitative estimate of drug-likeness (QED) is 0.528. The third-order valence-corrected chi connectivity index (χ3v) is 4.11. The molecule has 1 aromatic rings. The first-order valence-corrected chi connectivity index (χ1v) is 7.19. The van der Waals surface area contributed by atoms with E-state index < -0.39 is 11.6 Å². The van der Waals surface area contributed by atoms with Crippen molar-refractivity contribution in [3.63, 3.8) is 0 Å². The molecule has 6 heteroatoms. The normalized spacial score (nSPS) is 14.9. The van der Waals surface area contributed by atoms with E-state index in [4.69, 9.17) is 0 Å². The highest BCUT2D eigenvalue weighted by Crippen LogP contribution is 2.21. The molecule has 0 amide bonds. The van der Waals surface area contributed by atoms with Crippen LogP contribution in [-0.2, 0) is 6.42 Å². The summed E-state index contributed by atoms with van der Waals surface area (Å²) in [5, 5.41) is 0. The van der Waals surface area contributed by atoms with Crippen LogP contribution in [0.1, 0.15) is 5.56 Å². The molecule has 0 aromatic heterocycles. The summed E-state index contributed by atoms with van der Waals surface area (Å²) in [5.41, 5.74) is 0.122. The van der Waals surface area contributed by atoms with E-state index in [1.807, 2.05) is 11.0 Å². The summed E-state index contributed by atoms with van der Waals surface area (Å²) in [5.74, 6) is -1.03. The van der Waals surface area contributed by atoms with Gasteiger partial charge in [0, 0.05) is 22.8 Å². The maximum absolute atomic E-state index is 13.6. The van der Waals surface area contributed by atoms with Gasteiger partial charge in [0.05, 0.1) is 3.70 Å². The van der Waals surface area contributed by atoms with Gasteiger partial charge in [-0.2, -0.15) is 0 Å². The fourth-order valence-electron chi connectivity index (χ4n) is 1.67. The molecule has 0 aliphatic carbocycles. The second-order valence-electron chi connectivity index (χ2n) is 3.82. The van der Waals surface area contributed by atoms with Gasteiger partial charge in [-0.25, -0.2) is 8.78 Å². The molecule has 0 saturated heterocycles. The molecule has 2 nitrogen and oxygen atoms in total. The van der Waals surface area contributed by atoms with Gasteiger partial charge in [-0.1, -0.05) is 15.9 Å². The predicted octanol–water partition coefficient (Wildman–Crippen LogP) is 3.89. The van der Waals surface area contributed by atoms with Crippen molar-refractivity contribution in [1.82, 2.24) is 4.90 Å². The Balaban J connectivity index is 2.07. The molecule has 18 heavy (non-hydrogen) atoms. The first-order chi connectivity index (χ1) is 8.58. The van der Waals surface area contributed by atoms with Gasteiger partial charge in [0.2, 0.25) is 0 Å². The minimum Gasteiger partial charge on any atom is -0.347 e. The van der Waals surface area contributed by atoms with E-state index in [0.717, 1.165) is 3.70 Å². The average Bonchev–Trinajstić information content (AvgIpc) is 2.30. The second-order valence-corrected chi connectivity index (χ2v) is 5.84. The molecule has 1 aromatic carbocycles. The second kappa shape index (κ2) is 6.10. The Morgan fingerprint density at radius 3 is 2.61 bits per heavy atom. The van der Waals surface area contributed by atoms with Crippen molar-refractivity contribution in [3.8, 4) is 0 Å². The molecule has 1 aliphatic heterocycles. The lowest BCUT2D eigenvalue weighted by Crippen LogP contribution is -2.26. The fraction of sp³-hybridized carbons (Fsp3) is 0.250. The lowest BCUT2D eigenvalue weighted by Gasteiger charge is -2.24. The summed E-state index contributed by atoms with van der Waals surface area (Å²) in [4.78, 5) is 6.08. The zero-order chi connectivity index (χ0) is 13.1. The molecule has 0 fully saturated rings. The Bertz CT molecular complexity index is 494. The van der Waals surface area contributed by atoms with Gasteiger partial charge in [0.1, 0.15) is 18.3 Å². The molecule has 1 aliphatic rings. The van der Waals surface area contributed by atoms with E-state index in [0.29, 0.717) is 24.1 Å². The third-order valence-electron chi connectivity index (χ3n) is 2.61. The van der Waals surface area contributed by atoms with Gasteiger partial charge in [-0.3, -0.25) is 4.99 Å². The molecule has 0 unspecified atom stereocenters. The first-order valence-electron chi connectivity index (χ1n) is 5.32. The number of rotatable bonds is 3. The van der Waals surface area contributed by atoms with E-state index in [2.05, 4.69) is 43.5 Å². The minimum atomic E-state index is -0.513. The predicted molar refractivity (Wildman–Crippen MR) is 79.9 cm³/mol. The highest BCUT2D eigenvalue weighted by Gasteiger charge is 2.14. The zero-order valence-electron chi connectivity index (χ0n) is 9.34. The van der Waals surface area contributed by atoms with Crippen molar-refractivity contribution in [2.45, 2.75) is 6.42 Å². The van der Waals surface area contributed by atoms with Crippen LogP contribution in [0.2, 0.25) is 0 Å². The van der Waals surface area contributed by atoms with Gasteiger partial charge in [0.25, 0.3) is 0 Å². The number of hydrogen-bond acceptors (Lipinski definition) is 2. The first kappa shape index (κ1) is 13.9. The van der Waals surface area contributed by atoms with Gasteiger partial charge >= 0.3 is 0 Å². The van der Waals surface area contributed by atoms with Crippen LogP contribution in [0.3, 0.4) is 0 Å². The van der Waals surface area contributed by atoms with Crippen molar-refractivity contribution < 1.29 is 8.78 Å². The van der Waals surface area contributed by atoms with Crippen LogP contribution in [0.25, 0.3) is 0 Å². The third kappa shape index (κ3) is 3.28. The summed E-state index contributed by atoms with van der Waals surface area (Å²) in [6.07, 6.45) is 3.93. The summed E-state index contributed by atoms with van der Waals surface area (Å²) in [6.45, 7) is 1.08. The van der Waals surface area contributed by atoms with Crippen LogP contribution in [0, 0.1) is 11.6 Å². The number of aliphatic imine (C=N–C) groups is 1. The van der Waals surface area contributed by atoms with E-state index in [1.54, 1.807) is 6.21 Å². The van der Waals surface area contributed by atoms with Gasteiger partial charge in [0.15, 0.2) is 0 Å². The van der Waals surface area contributed by atoms with Crippen molar-refractivity contribution in [2.75, 3.05) is 13.2 Å². The molecule has 0 spiro atoms. The SMILES string of the molecule is Fc1cc(Br)cc(F)c1CCN1CN=CC=C1I. The van der Waals surface area contributed by atoms with Crippen LogP contribution in [0.4, 0.5) is 8.78 Å². The molecular weight excluding hydrogens is 417 g/mol. The molecule has 0 saturated carbocycles. The number of nitrogens with zero attached hydrogens (tertiary/aromatic N) is 2. The lowest BCUT2D eigenvalue weighted by molar-refractivity contribution is 0.379. The Hall–Kier alpha value is -0.500. The summed E-state index contributed by atoms with van der Waals surface area (Å²) >= 11 is 5.25. The molecule has 96 valence electrons. The maximum Gasteiger partial charge on any atom is 0.130 e. The van der Waals surface area contributed by atoms with Crippen molar-refractivity contribution >= 4 is 44.7 Å². The van der Waals surface area contributed by atoms with Gasteiger partial charge in [-0.05, 0) is 47.2 Å². The zero-order valence-corrected chi connectivity index (χ0v) is 13.1. The van der Waals surface area contributed by atoms with Crippen LogP contribution in [-0.4, -0.2) is 24.3 Å². The maximum atomic E-state index is 13.6. The number of hydrogen-bond donors (Lipinski definition) is 0. The molecule has 2 rings (SSSR count). The van der Waals surface area contributed by atoms with E-state index in [1.165, 1.54) is 12.1 Å². The van der Waals surface area contributed by atoms with Gasteiger partial charge in [-0.15, -0.1) is 0 Å². The molecule has 0 N–H and O–H groups in total. The Morgan fingerprint density at radius 2 is 2.00 bits per heavy atom. The fourth-order valence-corrected chi connectivity index (χ4v) is 2.62. The summed E-state index contributed by atoms with van der Waals surface area (Å²) < 4.78 is 28.7. The minimum absolute atomic E-state index is 0.122. The van der Waals surface area contributed by atoms with Crippen LogP contribution >= 0.6 is 38.5 Å². The van der Waals surface area contributed by atoms with Crippen LogP contribution in [0.5, 0.6) is 0 Å². The van der Waals surface area contributed by atoms with E-state index in [9.17, 15) is 8.78 Å². The Morgan fingerprint density at radius 1 is 1.33 bits per heavy atom. The van der Waals surface area contributed by atoms with Crippen LogP contribution < -0.4 is 0 Å².